The molecule has 152 valence electrons. The number of amides is 1. The van der Waals surface area contributed by atoms with Crippen LogP contribution in [0.4, 0.5) is 0 Å². The molecular formula is C20H27IN4O3. The number of carbonyl (C=O) groups excluding carboxylic acids is 1. The van der Waals surface area contributed by atoms with E-state index in [1.807, 2.05) is 11.0 Å². The van der Waals surface area contributed by atoms with Gasteiger partial charge in [-0.25, -0.2) is 4.79 Å². The number of aromatic amines is 1. The summed E-state index contributed by atoms with van der Waals surface area (Å²) in [5.74, 6) is -0.454. The molecule has 3 N–H and O–H groups in total. The summed E-state index contributed by atoms with van der Waals surface area (Å²) in [5.41, 5.74) is 8.36. The predicted molar refractivity (Wildman–Crippen MR) is 116 cm³/mol. The van der Waals surface area contributed by atoms with Crippen LogP contribution < -0.4 is 11.5 Å². The molecule has 7 nitrogen and oxygen atoms in total. The first-order valence-electron chi connectivity index (χ1n) is 10.1. The lowest BCUT2D eigenvalue weighted by Gasteiger charge is -2.40. The summed E-state index contributed by atoms with van der Waals surface area (Å²) in [6, 6.07) is 3.78. The second-order valence-corrected chi connectivity index (χ2v) is 9.09. The van der Waals surface area contributed by atoms with Crippen molar-refractivity contribution < 1.29 is 9.21 Å². The van der Waals surface area contributed by atoms with Gasteiger partial charge in [0, 0.05) is 22.7 Å². The van der Waals surface area contributed by atoms with E-state index >= 15 is 0 Å². The van der Waals surface area contributed by atoms with E-state index in [0.29, 0.717) is 23.6 Å². The molecule has 2 aliphatic rings. The fraction of sp³-hybridized carbons (Fsp3) is 0.600. The van der Waals surface area contributed by atoms with Crippen LogP contribution in [0, 0.1) is 3.57 Å². The number of halogens is 1. The Morgan fingerprint density at radius 2 is 1.93 bits per heavy atom. The number of nitrogens with two attached hydrogens (primary N) is 1. The maximum Gasteiger partial charge on any atom is 0.417 e. The number of aromatic nitrogens is 1. The minimum Gasteiger partial charge on any atom is -0.408 e. The highest BCUT2D eigenvalue weighted by Crippen LogP contribution is 2.23. The molecule has 0 spiro atoms. The van der Waals surface area contributed by atoms with Crippen LogP contribution in [-0.4, -0.2) is 59.0 Å². The zero-order valence-electron chi connectivity index (χ0n) is 16.0. The quantitative estimate of drug-likeness (QED) is 0.630. The molecule has 2 aromatic rings. The Morgan fingerprint density at radius 3 is 2.64 bits per heavy atom. The molecule has 0 radical (unpaired) electrons. The summed E-state index contributed by atoms with van der Waals surface area (Å²) in [4.78, 5) is 31.5. The van der Waals surface area contributed by atoms with E-state index in [1.54, 1.807) is 6.07 Å². The van der Waals surface area contributed by atoms with Gasteiger partial charge in [-0.05, 0) is 85.5 Å². The average molecular weight is 498 g/mol. The van der Waals surface area contributed by atoms with Crippen LogP contribution >= 0.6 is 22.6 Å². The summed E-state index contributed by atoms with van der Waals surface area (Å²) >= 11 is 2.16. The first-order valence-corrected chi connectivity index (χ1v) is 11.2. The van der Waals surface area contributed by atoms with Crippen LogP contribution in [0.5, 0.6) is 0 Å². The van der Waals surface area contributed by atoms with Gasteiger partial charge in [-0.1, -0.05) is 6.42 Å². The fourth-order valence-electron chi connectivity index (χ4n) is 4.49. The maximum atomic E-state index is 12.8. The topological polar surface area (TPSA) is 95.6 Å². The number of hydrogen-bond donors (Lipinski definition) is 2. The number of nitrogens with zero attached hydrogens (tertiary/aromatic N) is 2. The molecule has 28 heavy (non-hydrogen) atoms. The van der Waals surface area contributed by atoms with Gasteiger partial charge in [0.2, 0.25) is 5.91 Å². The van der Waals surface area contributed by atoms with Crippen molar-refractivity contribution >= 4 is 39.6 Å². The summed E-state index contributed by atoms with van der Waals surface area (Å²) < 4.78 is 6.05. The number of fused-ring (bicyclic) bond motifs is 1. The Balaban J connectivity index is 1.35. The lowest BCUT2D eigenvalue weighted by atomic mass is 9.98. The Morgan fingerprint density at radius 1 is 1.21 bits per heavy atom. The molecule has 4 rings (SSSR count). The van der Waals surface area contributed by atoms with Crippen molar-refractivity contribution in [2.75, 3.05) is 26.2 Å². The molecule has 1 unspecified atom stereocenters. The number of nitrogens with one attached hydrogen (secondary N) is 1. The van der Waals surface area contributed by atoms with Crippen LogP contribution in [-0.2, 0) is 11.2 Å². The molecule has 1 aromatic carbocycles. The molecular weight excluding hydrogens is 471 g/mol. The molecule has 0 bridgehead atoms. The van der Waals surface area contributed by atoms with Gasteiger partial charge in [-0.15, -0.1) is 0 Å². The van der Waals surface area contributed by atoms with Crippen molar-refractivity contribution in [3.63, 3.8) is 0 Å². The van der Waals surface area contributed by atoms with Crippen molar-refractivity contribution in [1.82, 2.24) is 14.8 Å². The third-order valence-corrected chi connectivity index (χ3v) is 6.85. The third-order valence-electron chi connectivity index (χ3n) is 6.00. The van der Waals surface area contributed by atoms with Crippen LogP contribution in [0.3, 0.4) is 0 Å². The van der Waals surface area contributed by atoms with E-state index in [9.17, 15) is 9.59 Å². The molecule has 0 saturated carbocycles. The smallest absolute Gasteiger partial charge is 0.408 e. The number of piperidine rings is 2. The molecule has 1 aromatic heterocycles. The van der Waals surface area contributed by atoms with Gasteiger partial charge in [0.05, 0.1) is 6.04 Å². The molecule has 8 heteroatoms. The number of hydrogen-bond acceptors (Lipinski definition) is 5. The summed E-state index contributed by atoms with van der Waals surface area (Å²) in [6.45, 7) is 3.98. The van der Waals surface area contributed by atoms with Crippen LogP contribution in [0.25, 0.3) is 11.1 Å². The molecule has 2 fully saturated rings. The molecule has 0 aliphatic carbocycles. The minimum atomic E-state index is -0.578. The van der Waals surface area contributed by atoms with Gasteiger partial charge in [0.15, 0.2) is 5.58 Å². The van der Waals surface area contributed by atoms with Crippen LogP contribution in [0.1, 0.15) is 37.7 Å². The number of benzene rings is 1. The lowest BCUT2D eigenvalue weighted by Crippen LogP contribution is -2.52. The molecule has 1 amide bonds. The van der Waals surface area contributed by atoms with E-state index in [1.165, 1.54) is 32.4 Å². The normalized spacial score (nSPS) is 20.6. The van der Waals surface area contributed by atoms with Crippen molar-refractivity contribution in [3.05, 3.63) is 31.8 Å². The first kappa shape index (κ1) is 19.9. The van der Waals surface area contributed by atoms with E-state index in [2.05, 4.69) is 32.5 Å². The minimum absolute atomic E-state index is 0.0164. The van der Waals surface area contributed by atoms with Crippen molar-refractivity contribution in [3.8, 4) is 0 Å². The molecule has 1 atom stereocenters. The Hall–Kier alpha value is -1.39. The first-order chi connectivity index (χ1) is 13.5. The van der Waals surface area contributed by atoms with Crippen molar-refractivity contribution in [2.24, 2.45) is 5.73 Å². The van der Waals surface area contributed by atoms with Crippen LogP contribution in [0.15, 0.2) is 21.3 Å². The van der Waals surface area contributed by atoms with Crippen molar-refractivity contribution in [2.45, 2.75) is 50.6 Å². The van der Waals surface area contributed by atoms with E-state index in [0.717, 1.165) is 35.1 Å². The van der Waals surface area contributed by atoms with Crippen molar-refractivity contribution in [1.29, 1.82) is 0 Å². The highest BCUT2D eigenvalue weighted by Gasteiger charge is 2.29. The van der Waals surface area contributed by atoms with Gasteiger partial charge in [0.25, 0.3) is 0 Å². The van der Waals surface area contributed by atoms with Gasteiger partial charge in [-0.2, -0.15) is 0 Å². The number of carbonyl (C=O) groups is 1. The van der Waals surface area contributed by atoms with Gasteiger partial charge in [0.1, 0.15) is 5.52 Å². The number of rotatable bonds is 4. The number of oxazole rings is 1. The summed E-state index contributed by atoms with van der Waals surface area (Å²) in [7, 11) is 0. The largest absolute Gasteiger partial charge is 0.417 e. The zero-order valence-corrected chi connectivity index (χ0v) is 18.1. The van der Waals surface area contributed by atoms with Gasteiger partial charge < -0.3 is 20.0 Å². The number of likely N-dealkylation sites (tertiary alicyclic amines) is 2. The third kappa shape index (κ3) is 4.28. The predicted octanol–water partition coefficient (Wildman–Crippen LogP) is 2.07. The Kier molecular flexibility index (Phi) is 6.07. The SMILES string of the molecule is NC(Cc1cc(I)c2[nH]c(=O)oc2c1)C(=O)N1CCC(N2CCCCC2)CC1. The average Bonchev–Trinajstić information content (AvgIpc) is 3.09. The summed E-state index contributed by atoms with van der Waals surface area (Å²) in [6.07, 6.45) is 6.46. The van der Waals surface area contributed by atoms with E-state index in [4.69, 9.17) is 10.2 Å². The Labute approximate surface area is 177 Å². The fourth-order valence-corrected chi connectivity index (χ4v) is 5.29. The highest BCUT2D eigenvalue weighted by molar-refractivity contribution is 14.1. The second-order valence-electron chi connectivity index (χ2n) is 7.93. The zero-order chi connectivity index (χ0) is 19.7. The second kappa shape index (κ2) is 8.54. The number of H-pyrrole nitrogens is 1. The molecule has 3 heterocycles. The monoisotopic (exact) mass is 498 g/mol. The molecule has 2 saturated heterocycles. The Bertz CT molecular complexity index is 894. The lowest BCUT2D eigenvalue weighted by molar-refractivity contribution is -0.134. The van der Waals surface area contributed by atoms with Crippen LogP contribution in [0.2, 0.25) is 0 Å². The highest BCUT2D eigenvalue weighted by atomic mass is 127. The van der Waals surface area contributed by atoms with Gasteiger partial charge in [-0.3, -0.25) is 9.78 Å². The molecule has 2 aliphatic heterocycles. The van der Waals surface area contributed by atoms with Gasteiger partial charge >= 0.3 is 5.76 Å². The van der Waals surface area contributed by atoms with E-state index in [-0.39, 0.29) is 5.91 Å². The summed E-state index contributed by atoms with van der Waals surface area (Å²) in [5, 5.41) is 0. The standard InChI is InChI=1S/C20H27IN4O3/c21-15-10-13(12-17-18(15)23-20(27)28-17)11-16(22)19(26)25-8-4-14(5-9-25)24-6-2-1-3-7-24/h10,12,14,16H,1-9,11,22H2,(H,23,27). The maximum absolute atomic E-state index is 12.8. The van der Waals surface area contributed by atoms with E-state index < -0.39 is 11.8 Å².